The number of hydrogen-bond donors (Lipinski definition) is 2. The van der Waals surface area contributed by atoms with E-state index in [1.54, 1.807) is 22.9 Å². The zero-order valence-corrected chi connectivity index (χ0v) is 20.8. The highest BCUT2D eigenvalue weighted by Crippen LogP contribution is 2.26. The molecule has 10 heteroatoms. The average molecular weight is 495 g/mol. The molecule has 2 aromatic heterocycles. The highest BCUT2D eigenvalue weighted by Gasteiger charge is 2.33. The number of H-pyrrole nitrogens is 1. The molecule has 4 aromatic rings. The van der Waals surface area contributed by atoms with Crippen molar-refractivity contribution in [2.45, 2.75) is 44.0 Å². The molecule has 0 bridgehead atoms. The Balaban J connectivity index is 1.24. The first-order valence-electron chi connectivity index (χ1n) is 12.0. The monoisotopic (exact) mass is 494 g/mol. The van der Waals surface area contributed by atoms with Crippen molar-refractivity contribution in [2.24, 2.45) is 5.92 Å². The van der Waals surface area contributed by atoms with Crippen LogP contribution in [0.5, 0.6) is 0 Å². The van der Waals surface area contributed by atoms with Crippen molar-refractivity contribution in [1.29, 1.82) is 0 Å². The Morgan fingerprint density at radius 2 is 2.06 bits per heavy atom. The normalized spacial score (nSPS) is 17.4. The second kappa shape index (κ2) is 9.43. The number of aromatic amines is 1. The molecule has 1 aliphatic heterocycles. The Hall–Kier alpha value is -3.24. The molecule has 0 unspecified atom stereocenters. The number of hydrogen-bond acceptors (Lipinski definition) is 5. The predicted octanol–water partition coefficient (Wildman–Crippen LogP) is 3.25. The van der Waals surface area contributed by atoms with Gasteiger partial charge in [0.15, 0.2) is 0 Å². The van der Waals surface area contributed by atoms with Crippen LogP contribution in [0.15, 0.2) is 53.6 Å². The number of carbonyl (C=O) groups excluding carboxylic acids is 1. The molecule has 0 saturated carbocycles. The number of para-hydroxylation sites is 1. The van der Waals surface area contributed by atoms with Gasteiger partial charge in [-0.2, -0.15) is 4.31 Å². The van der Waals surface area contributed by atoms with Crippen LogP contribution in [0.25, 0.3) is 21.9 Å². The zero-order chi connectivity index (χ0) is 24.6. The number of nitrogens with one attached hydrogen (secondary N) is 2. The number of amides is 1. The molecular weight excluding hydrogens is 464 g/mol. The van der Waals surface area contributed by atoms with Crippen LogP contribution in [0.1, 0.15) is 38.3 Å². The largest absolute Gasteiger partial charge is 0.361 e. The summed E-state index contributed by atoms with van der Waals surface area (Å²) in [6.07, 6.45) is 4.00. The minimum atomic E-state index is -3.74. The van der Waals surface area contributed by atoms with Crippen LogP contribution in [0, 0.1) is 5.92 Å². The van der Waals surface area contributed by atoms with E-state index in [9.17, 15) is 13.2 Å². The SMILES string of the molecule is CC(C)n1nnc2cc(S(=O)(=O)N3CCC[C@H](C(=O)NCCc4c[nH]c5ccccc45)C3)ccc21. The maximum atomic E-state index is 13.4. The fraction of sp³-hybridized carbons (Fsp3) is 0.400. The summed E-state index contributed by atoms with van der Waals surface area (Å²) in [4.78, 5) is 16.3. The Kier molecular flexibility index (Phi) is 6.33. The quantitative estimate of drug-likeness (QED) is 0.410. The van der Waals surface area contributed by atoms with E-state index in [2.05, 4.69) is 26.7 Å². The van der Waals surface area contributed by atoms with Crippen molar-refractivity contribution in [3.63, 3.8) is 0 Å². The fourth-order valence-corrected chi connectivity index (χ4v) is 6.33. The van der Waals surface area contributed by atoms with Crippen molar-refractivity contribution >= 4 is 37.9 Å². The maximum absolute atomic E-state index is 13.4. The molecule has 0 radical (unpaired) electrons. The van der Waals surface area contributed by atoms with Gasteiger partial charge in [0.05, 0.1) is 16.3 Å². The molecule has 1 fully saturated rings. The van der Waals surface area contributed by atoms with Gasteiger partial charge in [-0.1, -0.05) is 23.4 Å². The second-order valence-electron chi connectivity index (χ2n) is 9.38. The molecule has 9 nitrogen and oxygen atoms in total. The number of sulfonamides is 1. The van der Waals surface area contributed by atoms with Gasteiger partial charge < -0.3 is 10.3 Å². The summed E-state index contributed by atoms with van der Waals surface area (Å²) in [5.41, 5.74) is 3.57. The first kappa shape index (κ1) is 23.5. The van der Waals surface area contributed by atoms with Crippen molar-refractivity contribution < 1.29 is 13.2 Å². The lowest BCUT2D eigenvalue weighted by Crippen LogP contribution is -2.45. The van der Waals surface area contributed by atoms with Gasteiger partial charge in [0.2, 0.25) is 15.9 Å². The molecule has 5 rings (SSSR count). The van der Waals surface area contributed by atoms with Crippen LogP contribution in [-0.2, 0) is 21.2 Å². The molecule has 1 amide bonds. The van der Waals surface area contributed by atoms with Crippen LogP contribution < -0.4 is 5.32 Å². The van der Waals surface area contributed by atoms with Gasteiger partial charge in [0.25, 0.3) is 0 Å². The predicted molar refractivity (Wildman–Crippen MR) is 134 cm³/mol. The van der Waals surface area contributed by atoms with Crippen LogP contribution in [0.3, 0.4) is 0 Å². The van der Waals surface area contributed by atoms with E-state index in [-0.39, 0.29) is 29.3 Å². The third-order valence-electron chi connectivity index (χ3n) is 6.69. The summed E-state index contributed by atoms with van der Waals surface area (Å²) in [6.45, 7) is 5.08. The number of fused-ring (bicyclic) bond motifs is 2. The van der Waals surface area contributed by atoms with Crippen LogP contribution >= 0.6 is 0 Å². The van der Waals surface area contributed by atoms with E-state index in [4.69, 9.17) is 0 Å². The van der Waals surface area contributed by atoms with E-state index < -0.39 is 10.0 Å². The van der Waals surface area contributed by atoms with E-state index in [1.807, 2.05) is 38.2 Å². The number of piperidine rings is 1. The number of benzene rings is 2. The molecule has 0 aliphatic carbocycles. The van der Waals surface area contributed by atoms with Gasteiger partial charge in [-0.25, -0.2) is 13.1 Å². The van der Waals surface area contributed by atoms with E-state index in [0.717, 1.165) is 22.0 Å². The second-order valence-corrected chi connectivity index (χ2v) is 11.3. The van der Waals surface area contributed by atoms with Gasteiger partial charge >= 0.3 is 0 Å². The smallest absolute Gasteiger partial charge is 0.243 e. The van der Waals surface area contributed by atoms with Crippen LogP contribution in [-0.4, -0.2) is 58.2 Å². The van der Waals surface area contributed by atoms with Gasteiger partial charge in [-0.05, 0) is 62.9 Å². The Morgan fingerprint density at radius 1 is 1.23 bits per heavy atom. The summed E-state index contributed by atoms with van der Waals surface area (Å²) in [6, 6.07) is 13.1. The van der Waals surface area contributed by atoms with Crippen molar-refractivity contribution in [3.05, 3.63) is 54.2 Å². The molecule has 2 N–H and O–H groups in total. The topological polar surface area (TPSA) is 113 Å². The molecule has 1 aliphatic rings. The van der Waals surface area contributed by atoms with Crippen LogP contribution in [0.4, 0.5) is 0 Å². The van der Waals surface area contributed by atoms with E-state index in [0.29, 0.717) is 37.9 Å². The highest BCUT2D eigenvalue weighted by molar-refractivity contribution is 7.89. The summed E-state index contributed by atoms with van der Waals surface area (Å²) in [5.74, 6) is -0.466. The number of rotatable bonds is 7. The van der Waals surface area contributed by atoms with Crippen LogP contribution in [0.2, 0.25) is 0 Å². The lowest BCUT2D eigenvalue weighted by atomic mass is 9.99. The summed E-state index contributed by atoms with van der Waals surface area (Å²) in [5, 5.41) is 12.4. The highest BCUT2D eigenvalue weighted by atomic mass is 32.2. The molecule has 184 valence electrons. The van der Waals surface area contributed by atoms with E-state index >= 15 is 0 Å². The number of carbonyl (C=O) groups is 1. The third kappa shape index (κ3) is 4.55. The zero-order valence-electron chi connectivity index (χ0n) is 19.9. The lowest BCUT2D eigenvalue weighted by molar-refractivity contribution is -0.126. The maximum Gasteiger partial charge on any atom is 0.243 e. The van der Waals surface area contributed by atoms with Crippen molar-refractivity contribution in [2.75, 3.05) is 19.6 Å². The lowest BCUT2D eigenvalue weighted by Gasteiger charge is -2.31. The van der Waals surface area contributed by atoms with Gasteiger partial charge in [-0.15, -0.1) is 5.10 Å². The molecule has 1 saturated heterocycles. The summed E-state index contributed by atoms with van der Waals surface area (Å²) in [7, 11) is -3.74. The third-order valence-corrected chi connectivity index (χ3v) is 8.55. The Labute approximate surface area is 204 Å². The standard InChI is InChI=1S/C25H30N6O3S/c1-17(2)31-24-10-9-20(14-23(24)28-29-31)35(33,34)30-13-5-6-19(16-30)25(32)26-12-11-18-15-27-22-8-4-3-7-21(18)22/h3-4,7-10,14-15,17,19,27H,5-6,11-13,16H2,1-2H3,(H,26,32)/t19-/m0/s1. The molecule has 35 heavy (non-hydrogen) atoms. The molecule has 0 spiro atoms. The van der Waals surface area contributed by atoms with Gasteiger partial charge in [-0.3, -0.25) is 4.79 Å². The first-order chi connectivity index (χ1) is 16.8. The number of nitrogens with zero attached hydrogens (tertiary/aromatic N) is 4. The molecule has 2 aromatic carbocycles. The average Bonchev–Trinajstić information content (AvgIpc) is 3.48. The number of aromatic nitrogens is 4. The van der Waals surface area contributed by atoms with Crippen molar-refractivity contribution in [1.82, 2.24) is 29.6 Å². The van der Waals surface area contributed by atoms with E-state index in [1.165, 1.54) is 4.31 Å². The summed E-state index contributed by atoms with van der Waals surface area (Å²) >= 11 is 0. The van der Waals surface area contributed by atoms with Crippen molar-refractivity contribution in [3.8, 4) is 0 Å². The van der Waals surface area contributed by atoms with Gasteiger partial charge in [0.1, 0.15) is 5.52 Å². The fourth-order valence-electron chi connectivity index (χ4n) is 4.79. The Morgan fingerprint density at radius 3 is 2.89 bits per heavy atom. The molecule has 3 heterocycles. The molecule has 1 atom stereocenters. The summed E-state index contributed by atoms with van der Waals surface area (Å²) < 4.78 is 29.9. The first-order valence-corrected chi connectivity index (χ1v) is 13.5. The minimum Gasteiger partial charge on any atom is -0.361 e. The molecular formula is C25H30N6O3S. The minimum absolute atomic E-state index is 0.0972. The Bertz CT molecular complexity index is 1470. The van der Waals surface area contributed by atoms with Gasteiger partial charge in [0, 0.05) is 42.8 Å².